The summed E-state index contributed by atoms with van der Waals surface area (Å²) in [5, 5.41) is 6.94. The van der Waals surface area contributed by atoms with Crippen LogP contribution in [0.15, 0.2) is 34.7 Å². The molecule has 1 aliphatic heterocycles. The summed E-state index contributed by atoms with van der Waals surface area (Å²) in [6, 6.07) is 7.76. The number of hydrazone groups is 1. The molecule has 3 rings (SSSR count). The number of ether oxygens (including phenoxy) is 3. The molecular weight excluding hydrogens is 314 g/mol. The first kappa shape index (κ1) is 15.9. The van der Waals surface area contributed by atoms with Crippen LogP contribution in [0.1, 0.15) is 17.7 Å². The molecule has 0 aliphatic carbocycles. The van der Waals surface area contributed by atoms with Gasteiger partial charge in [0.05, 0.1) is 31.7 Å². The van der Waals surface area contributed by atoms with Crippen molar-refractivity contribution >= 4 is 22.7 Å². The number of thiazole rings is 1. The minimum Gasteiger partial charge on any atom is -0.493 e. The maximum Gasteiger partial charge on any atom is 0.203 e. The summed E-state index contributed by atoms with van der Waals surface area (Å²) in [6.45, 7) is 3.85. The van der Waals surface area contributed by atoms with Gasteiger partial charge in [0.1, 0.15) is 5.75 Å². The molecule has 0 unspecified atom stereocenters. The lowest BCUT2D eigenvalue weighted by atomic mass is 10.2. The van der Waals surface area contributed by atoms with Crippen LogP contribution in [0.3, 0.4) is 0 Å². The molecule has 0 amide bonds. The van der Waals surface area contributed by atoms with Crippen LogP contribution in [0.4, 0.5) is 5.13 Å². The molecule has 1 aromatic carbocycles. The normalized spacial score (nSPS) is 15.3. The maximum atomic E-state index is 5.72. The number of rotatable bonds is 7. The third-order valence-electron chi connectivity index (χ3n) is 3.16. The van der Waals surface area contributed by atoms with Crippen LogP contribution in [-0.2, 0) is 9.47 Å². The quantitative estimate of drug-likeness (QED) is 0.623. The average molecular weight is 333 g/mol. The van der Waals surface area contributed by atoms with Gasteiger partial charge in [-0.2, -0.15) is 5.10 Å². The maximum absolute atomic E-state index is 5.72. The largest absolute Gasteiger partial charge is 0.493 e. The van der Waals surface area contributed by atoms with E-state index in [1.165, 1.54) is 11.3 Å². The monoisotopic (exact) mass is 333 g/mol. The molecule has 1 saturated heterocycles. The molecule has 0 bridgehead atoms. The SMILES string of the molecule is Cc1csc(NN=Cc2cccc(OCCC3OCCO3)c2)n1. The second kappa shape index (κ2) is 8.05. The lowest BCUT2D eigenvalue weighted by molar-refractivity contribution is -0.0531. The van der Waals surface area contributed by atoms with Crippen LogP contribution in [0.2, 0.25) is 0 Å². The number of hydrogen-bond acceptors (Lipinski definition) is 7. The van der Waals surface area contributed by atoms with Gasteiger partial charge in [-0.05, 0) is 24.6 Å². The van der Waals surface area contributed by atoms with Crippen molar-refractivity contribution in [1.82, 2.24) is 4.98 Å². The van der Waals surface area contributed by atoms with Gasteiger partial charge in [0.25, 0.3) is 0 Å². The topological polar surface area (TPSA) is 65.0 Å². The van der Waals surface area contributed by atoms with E-state index in [-0.39, 0.29) is 6.29 Å². The highest BCUT2D eigenvalue weighted by Gasteiger charge is 2.15. The summed E-state index contributed by atoms with van der Waals surface area (Å²) in [4.78, 5) is 4.28. The number of hydrogen-bond donors (Lipinski definition) is 1. The van der Waals surface area contributed by atoms with E-state index in [0.29, 0.717) is 19.8 Å². The molecule has 2 heterocycles. The first-order chi connectivity index (χ1) is 11.3. The Kier molecular flexibility index (Phi) is 5.57. The minimum atomic E-state index is -0.134. The van der Waals surface area contributed by atoms with Crippen LogP contribution in [0.25, 0.3) is 0 Å². The van der Waals surface area contributed by atoms with Gasteiger partial charge in [-0.1, -0.05) is 12.1 Å². The van der Waals surface area contributed by atoms with Gasteiger partial charge >= 0.3 is 0 Å². The van der Waals surface area contributed by atoms with E-state index in [1.54, 1.807) is 6.21 Å². The number of benzene rings is 1. The molecule has 0 radical (unpaired) electrons. The fourth-order valence-electron chi connectivity index (χ4n) is 2.10. The van der Waals surface area contributed by atoms with Crippen molar-refractivity contribution in [3.8, 4) is 5.75 Å². The van der Waals surface area contributed by atoms with E-state index in [9.17, 15) is 0 Å². The predicted molar refractivity (Wildman–Crippen MR) is 90.3 cm³/mol. The zero-order chi connectivity index (χ0) is 15.9. The zero-order valence-corrected chi connectivity index (χ0v) is 13.7. The third-order valence-corrected chi connectivity index (χ3v) is 4.03. The average Bonchev–Trinajstić information content (AvgIpc) is 3.20. The summed E-state index contributed by atoms with van der Waals surface area (Å²) in [5.74, 6) is 0.803. The van der Waals surface area contributed by atoms with Gasteiger partial charge in [-0.25, -0.2) is 4.98 Å². The summed E-state index contributed by atoms with van der Waals surface area (Å²) in [5.41, 5.74) is 4.86. The van der Waals surface area contributed by atoms with Crippen molar-refractivity contribution in [2.75, 3.05) is 25.2 Å². The van der Waals surface area contributed by atoms with Crippen molar-refractivity contribution in [3.63, 3.8) is 0 Å². The van der Waals surface area contributed by atoms with Gasteiger partial charge in [-0.15, -0.1) is 11.3 Å². The van der Waals surface area contributed by atoms with Gasteiger partial charge in [0.2, 0.25) is 5.13 Å². The molecule has 0 spiro atoms. The molecule has 6 nitrogen and oxygen atoms in total. The molecule has 1 N–H and O–H groups in total. The van der Waals surface area contributed by atoms with E-state index < -0.39 is 0 Å². The second-order valence-electron chi connectivity index (χ2n) is 5.04. The Hall–Kier alpha value is -1.96. The zero-order valence-electron chi connectivity index (χ0n) is 12.9. The van der Waals surface area contributed by atoms with E-state index in [0.717, 1.165) is 28.6 Å². The van der Waals surface area contributed by atoms with Crippen molar-refractivity contribution in [3.05, 3.63) is 40.9 Å². The van der Waals surface area contributed by atoms with Crippen molar-refractivity contribution in [2.45, 2.75) is 19.6 Å². The van der Waals surface area contributed by atoms with E-state index in [1.807, 2.05) is 36.6 Å². The first-order valence-corrected chi connectivity index (χ1v) is 8.35. The second-order valence-corrected chi connectivity index (χ2v) is 5.90. The molecule has 1 aliphatic rings. The summed E-state index contributed by atoms with van der Waals surface area (Å²) < 4.78 is 16.5. The van der Waals surface area contributed by atoms with Gasteiger partial charge < -0.3 is 14.2 Å². The predicted octanol–water partition coefficient (Wildman–Crippen LogP) is 3.04. The lowest BCUT2D eigenvalue weighted by Crippen LogP contribution is -2.12. The highest BCUT2D eigenvalue weighted by Crippen LogP contribution is 2.16. The Bertz CT molecular complexity index is 654. The molecule has 0 atom stereocenters. The summed E-state index contributed by atoms with van der Waals surface area (Å²) in [6.07, 6.45) is 2.33. The first-order valence-electron chi connectivity index (χ1n) is 7.47. The number of aryl methyl sites for hydroxylation is 1. The van der Waals surface area contributed by atoms with Crippen molar-refractivity contribution in [1.29, 1.82) is 0 Å². The van der Waals surface area contributed by atoms with Crippen LogP contribution >= 0.6 is 11.3 Å². The van der Waals surface area contributed by atoms with E-state index >= 15 is 0 Å². The van der Waals surface area contributed by atoms with Crippen molar-refractivity contribution < 1.29 is 14.2 Å². The number of aromatic nitrogens is 1. The fourth-order valence-corrected chi connectivity index (χ4v) is 2.74. The van der Waals surface area contributed by atoms with Crippen LogP contribution in [0, 0.1) is 6.92 Å². The molecule has 0 saturated carbocycles. The molecule has 1 aromatic heterocycles. The van der Waals surface area contributed by atoms with Gasteiger partial charge in [-0.3, -0.25) is 5.43 Å². The molecular formula is C16H19N3O3S. The Morgan fingerprint density at radius 3 is 3.09 bits per heavy atom. The van der Waals surface area contributed by atoms with Gasteiger partial charge in [0, 0.05) is 11.8 Å². The molecule has 23 heavy (non-hydrogen) atoms. The van der Waals surface area contributed by atoms with E-state index in [4.69, 9.17) is 14.2 Å². The molecule has 7 heteroatoms. The number of nitrogens with one attached hydrogen (secondary N) is 1. The Morgan fingerprint density at radius 1 is 1.43 bits per heavy atom. The van der Waals surface area contributed by atoms with Crippen LogP contribution < -0.4 is 10.2 Å². The van der Waals surface area contributed by atoms with E-state index in [2.05, 4.69) is 15.5 Å². The number of nitrogens with zero attached hydrogens (tertiary/aromatic N) is 2. The van der Waals surface area contributed by atoms with Crippen LogP contribution in [0.5, 0.6) is 5.75 Å². The highest BCUT2D eigenvalue weighted by molar-refractivity contribution is 7.13. The summed E-state index contributed by atoms with van der Waals surface area (Å²) >= 11 is 1.53. The van der Waals surface area contributed by atoms with Gasteiger partial charge in [0.15, 0.2) is 6.29 Å². The Labute approximate surface area is 139 Å². The minimum absolute atomic E-state index is 0.134. The molecule has 2 aromatic rings. The molecule has 1 fully saturated rings. The third kappa shape index (κ3) is 5.02. The lowest BCUT2D eigenvalue weighted by Gasteiger charge is -2.10. The standard InChI is InChI=1S/C16H19N3O3S/c1-12-11-23-16(18-12)19-17-10-13-3-2-4-14(9-13)20-6-5-15-21-7-8-22-15/h2-4,9-11,15H,5-8H2,1H3,(H,18,19). The smallest absolute Gasteiger partial charge is 0.203 e. The van der Waals surface area contributed by atoms with Crippen LogP contribution in [-0.4, -0.2) is 37.3 Å². The molecule has 122 valence electrons. The Balaban J connectivity index is 1.48. The number of anilines is 1. The fraction of sp³-hybridized carbons (Fsp3) is 0.375. The van der Waals surface area contributed by atoms with Crippen molar-refractivity contribution in [2.24, 2.45) is 5.10 Å². The summed E-state index contributed by atoms with van der Waals surface area (Å²) in [7, 11) is 0. The Morgan fingerprint density at radius 2 is 2.30 bits per heavy atom. The highest BCUT2D eigenvalue weighted by atomic mass is 32.1.